The molecule has 0 spiro atoms. The molecule has 1 unspecified atom stereocenters. The molecule has 2 rings (SSSR count). The highest BCUT2D eigenvalue weighted by Crippen LogP contribution is 2.28. The monoisotopic (exact) mass is 309 g/mol. The number of rotatable bonds is 5. The number of nitrogens with zero attached hydrogens (tertiary/aromatic N) is 2. The van der Waals surface area contributed by atoms with Gasteiger partial charge >= 0.3 is 0 Å². The standard InChI is InChI=1S/C17H28ClN3/c1-4-15(19)12-13-11-14(18)5-6-17(13)21-9-7-16(8-10-21)20(2)3/h5-6,11,15-16H,4,7-10,12,19H2,1-3H3. The van der Waals surface area contributed by atoms with Crippen LogP contribution in [0.3, 0.4) is 0 Å². The first-order chi connectivity index (χ1) is 10.0. The van der Waals surface area contributed by atoms with Crippen molar-refractivity contribution in [3.05, 3.63) is 28.8 Å². The second-order valence-corrected chi connectivity index (χ2v) is 6.76. The lowest BCUT2D eigenvalue weighted by atomic mass is 9.99. The molecule has 1 aliphatic heterocycles. The summed E-state index contributed by atoms with van der Waals surface area (Å²) in [4.78, 5) is 4.83. The molecule has 1 aliphatic rings. The molecule has 0 radical (unpaired) electrons. The highest BCUT2D eigenvalue weighted by atomic mass is 35.5. The second kappa shape index (κ2) is 7.48. The predicted octanol–water partition coefficient (Wildman–Crippen LogP) is 3.15. The molecule has 0 bridgehead atoms. The molecule has 3 nitrogen and oxygen atoms in total. The summed E-state index contributed by atoms with van der Waals surface area (Å²) >= 11 is 6.18. The third kappa shape index (κ3) is 4.35. The first-order valence-corrected chi connectivity index (χ1v) is 8.34. The normalized spacial score (nSPS) is 18.3. The maximum atomic E-state index is 6.18. The van der Waals surface area contributed by atoms with Crippen molar-refractivity contribution in [2.45, 2.75) is 44.7 Å². The Labute approximate surface area is 134 Å². The van der Waals surface area contributed by atoms with E-state index in [-0.39, 0.29) is 6.04 Å². The van der Waals surface area contributed by atoms with Crippen molar-refractivity contribution < 1.29 is 0 Å². The SMILES string of the molecule is CCC(N)Cc1cc(Cl)ccc1N1CCC(N(C)C)CC1. The summed E-state index contributed by atoms with van der Waals surface area (Å²) in [5.74, 6) is 0. The van der Waals surface area contributed by atoms with Crippen molar-refractivity contribution in [3.63, 3.8) is 0 Å². The predicted molar refractivity (Wildman–Crippen MR) is 92.3 cm³/mol. The van der Waals surface area contributed by atoms with Gasteiger partial charge < -0.3 is 15.5 Å². The summed E-state index contributed by atoms with van der Waals surface area (Å²) < 4.78 is 0. The van der Waals surface area contributed by atoms with Gasteiger partial charge in [-0.3, -0.25) is 0 Å². The molecule has 1 aromatic rings. The molecular weight excluding hydrogens is 282 g/mol. The van der Waals surface area contributed by atoms with E-state index in [4.69, 9.17) is 17.3 Å². The smallest absolute Gasteiger partial charge is 0.0410 e. The van der Waals surface area contributed by atoms with Gasteiger partial charge in [0.1, 0.15) is 0 Å². The topological polar surface area (TPSA) is 32.5 Å². The van der Waals surface area contributed by atoms with Crippen molar-refractivity contribution in [1.29, 1.82) is 0 Å². The number of piperidine rings is 1. The summed E-state index contributed by atoms with van der Waals surface area (Å²) in [6.07, 6.45) is 4.33. The highest BCUT2D eigenvalue weighted by molar-refractivity contribution is 6.30. The van der Waals surface area contributed by atoms with Gasteiger partial charge in [0.2, 0.25) is 0 Å². The van der Waals surface area contributed by atoms with Gasteiger partial charge in [0.05, 0.1) is 0 Å². The molecule has 0 aromatic heterocycles. The van der Waals surface area contributed by atoms with Crippen LogP contribution in [0.15, 0.2) is 18.2 Å². The zero-order chi connectivity index (χ0) is 15.4. The summed E-state index contributed by atoms with van der Waals surface area (Å²) in [6.45, 7) is 4.36. The third-order valence-electron chi connectivity index (χ3n) is 4.58. The number of nitrogens with two attached hydrogens (primary N) is 1. The fourth-order valence-electron chi connectivity index (χ4n) is 3.08. The Hall–Kier alpha value is -0.770. The van der Waals surface area contributed by atoms with Crippen LogP contribution < -0.4 is 10.6 Å². The maximum absolute atomic E-state index is 6.18. The van der Waals surface area contributed by atoms with E-state index in [9.17, 15) is 0 Å². The van der Waals surface area contributed by atoms with E-state index in [2.05, 4.69) is 43.0 Å². The molecule has 21 heavy (non-hydrogen) atoms. The number of halogens is 1. The molecule has 4 heteroatoms. The van der Waals surface area contributed by atoms with Crippen LogP contribution >= 0.6 is 11.6 Å². The molecule has 1 atom stereocenters. The molecular formula is C17H28ClN3. The van der Waals surface area contributed by atoms with E-state index in [1.165, 1.54) is 24.1 Å². The van der Waals surface area contributed by atoms with E-state index in [0.29, 0.717) is 6.04 Å². The minimum Gasteiger partial charge on any atom is -0.371 e. The van der Waals surface area contributed by atoms with E-state index in [1.54, 1.807) is 0 Å². The van der Waals surface area contributed by atoms with Crippen LogP contribution in [0.4, 0.5) is 5.69 Å². The van der Waals surface area contributed by atoms with Crippen molar-refractivity contribution in [2.24, 2.45) is 5.73 Å². The van der Waals surface area contributed by atoms with Crippen molar-refractivity contribution >= 4 is 17.3 Å². The van der Waals surface area contributed by atoms with Crippen LogP contribution in [-0.4, -0.2) is 44.2 Å². The number of benzene rings is 1. The first-order valence-electron chi connectivity index (χ1n) is 7.96. The molecule has 0 saturated carbocycles. The molecule has 1 saturated heterocycles. The number of anilines is 1. The summed E-state index contributed by atoms with van der Waals surface area (Å²) in [6, 6.07) is 7.16. The lowest BCUT2D eigenvalue weighted by molar-refractivity contribution is 0.249. The van der Waals surface area contributed by atoms with Gasteiger partial charge in [-0.05, 0) is 63.5 Å². The summed E-state index contributed by atoms with van der Waals surface area (Å²) in [5.41, 5.74) is 8.76. The zero-order valence-electron chi connectivity index (χ0n) is 13.5. The first kappa shape index (κ1) is 16.6. The van der Waals surface area contributed by atoms with Gasteiger partial charge in [0.25, 0.3) is 0 Å². The Kier molecular flexibility index (Phi) is 5.91. The van der Waals surface area contributed by atoms with Crippen LogP contribution in [0, 0.1) is 0 Å². The second-order valence-electron chi connectivity index (χ2n) is 6.33. The Balaban J connectivity index is 2.12. The van der Waals surface area contributed by atoms with E-state index < -0.39 is 0 Å². The van der Waals surface area contributed by atoms with Gasteiger partial charge in [-0.1, -0.05) is 18.5 Å². The number of hydrogen-bond donors (Lipinski definition) is 1. The van der Waals surface area contributed by atoms with E-state index >= 15 is 0 Å². The Morgan fingerprint density at radius 2 is 2.00 bits per heavy atom. The molecule has 2 N–H and O–H groups in total. The Morgan fingerprint density at radius 3 is 2.57 bits per heavy atom. The Morgan fingerprint density at radius 1 is 1.33 bits per heavy atom. The summed E-state index contributed by atoms with van der Waals surface area (Å²) in [7, 11) is 4.35. The average Bonchev–Trinajstić information content (AvgIpc) is 2.47. The minimum atomic E-state index is 0.210. The quantitative estimate of drug-likeness (QED) is 0.907. The van der Waals surface area contributed by atoms with Crippen LogP contribution in [0.1, 0.15) is 31.7 Å². The third-order valence-corrected chi connectivity index (χ3v) is 4.82. The molecule has 0 amide bonds. The van der Waals surface area contributed by atoms with E-state index in [0.717, 1.165) is 31.0 Å². The molecule has 1 fully saturated rings. The fourth-order valence-corrected chi connectivity index (χ4v) is 3.27. The highest BCUT2D eigenvalue weighted by Gasteiger charge is 2.22. The summed E-state index contributed by atoms with van der Waals surface area (Å²) in [5, 5.41) is 0.806. The van der Waals surface area contributed by atoms with Crippen molar-refractivity contribution in [2.75, 3.05) is 32.1 Å². The minimum absolute atomic E-state index is 0.210. The van der Waals surface area contributed by atoms with Crippen molar-refractivity contribution in [1.82, 2.24) is 4.90 Å². The van der Waals surface area contributed by atoms with Crippen molar-refractivity contribution in [3.8, 4) is 0 Å². The van der Waals surface area contributed by atoms with Crippen LogP contribution in [0.5, 0.6) is 0 Å². The van der Waals surface area contributed by atoms with Gasteiger partial charge in [0.15, 0.2) is 0 Å². The Bertz CT molecular complexity index is 453. The van der Waals surface area contributed by atoms with Gasteiger partial charge in [-0.2, -0.15) is 0 Å². The average molecular weight is 310 g/mol. The maximum Gasteiger partial charge on any atom is 0.0410 e. The molecule has 118 valence electrons. The van der Waals surface area contributed by atoms with Gasteiger partial charge in [-0.15, -0.1) is 0 Å². The fraction of sp³-hybridized carbons (Fsp3) is 0.647. The van der Waals surface area contributed by atoms with Crippen LogP contribution in [0.2, 0.25) is 5.02 Å². The zero-order valence-corrected chi connectivity index (χ0v) is 14.2. The molecule has 0 aliphatic carbocycles. The van der Waals surface area contributed by atoms with Crippen LogP contribution in [-0.2, 0) is 6.42 Å². The van der Waals surface area contributed by atoms with Gasteiger partial charge in [-0.25, -0.2) is 0 Å². The molecule has 1 aromatic carbocycles. The largest absolute Gasteiger partial charge is 0.371 e. The van der Waals surface area contributed by atoms with Crippen LogP contribution in [0.25, 0.3) is 0 Å². The lowest BCUT2D eigenvalue weighted by Gasteiger charge is -2.37. The van der Waals surface area contributed by atoms with E-state index in [1.807, 2.05) is 6.07 Å². The molecule has 1 heterocycles. The number of hydrogen-bond acceptors (Lipinski definition) is 3. The van der Waals surface area contributed by atoms with Gasteiger partial charge in [0, 0.05) is 35.9 Å². The lowest BCUT2D eigenvalue weighted by Crippen LogP contribution is -2.42.